The summed E-state index contributed by atoms with van der Waals surface area (Å²) in [5.41, 5.74) is 1.79. The van der Waals surface area contributed by atoms with E-state index in [2.05, 4.69) is 15.6 Å². The van der Waals surface area contributed by atoms with E-state index in [-0.39, 0.29) is 16.8 Å². The number of amides is 1. The van der Waals surface area contributed by atoms with E-state index in [4.69, 9.17) is 28.6 Å². The number of thiocarbonyl (C=S) groups is 1. The minimum atomic E-state index is -0.190. The van der Waals surface area contributed by atoms with Crippen molar-refractivity contribution in [3.8, 4) is 17.0 Å². The Balaban J connectivity index is 1.49. The molecule has 9 heteroatoms. The zero-order valence-corrected chi connectivity index (χ0v) is 18.0. The Morgan fingerprint density at radius 2 is 1.93 bits per heavy atom. The van der Waals surface area contributed by atoms with Crippen LogP contribution < -0.4 is 15.4 Å². The number of hydrogen-bond donors (Lipinski definition) is 2. The summed E-state index contributed by atoms with van der Waals surface area (Å²) in [6, 6.07) is 14.9. The fourth-order valence-electron chi connectivity index (χ4n) is 2.20. The first-order chi connectivity index (χ1) is 13.5. The zero-order chi connectivity index (χ0) is 19.9. The molecule has 3 aromatic rings. The molecule has 1 aromatic heterocycles. The van der Waals surface area contributed by atoms with Crippen molar-refractivity contribution in [3.63, 3.8) is 0 Å². The van der Waals surface area contributed by atoms with E-state index in [0.717, 1.165) is 21.9 Å². The van der Waals surface area contributed by atoms with Gasteiger partial charge in [-0.2, -0.15) is 0 Å². The molecule has 0 fully saturated rings. The van der Waals surface area contributed by atoms with E-state index in [1.165, 1.54) is 23.1 Å². The maximum atomic E-state index is 12.1. The van der Waals surface area contributed by atoms with Crippen LogP contribution in [0.2, 0.25) is 5.02 Å². The Kier molecular flexibility index (Phi) is 7.27. The summed E-state index contributed by atoms with van der Waals surface area (Å²) in [6.07, 6.45) is 0. The average molecular weight is 450 g/mol. The van der Waals surface area contributed by atoms with Gasteiger partial charge in [0.25, 0.3) is 0 Å². The molecule has 1 amide bonds. The molecule has 144 valence electrons. The van der Waals surface area contributed by atoms with Gasteiger partial charge in [0.05, 0.1) is 18.6 Å². The first-order valence-electron chi connectivity index (χ1n) is 8.12. The van der Waals surface area contributed by atoms with Crippen LogP contribution in [0.1, 0.15) is 0 Å². The minimum Gasteiger partial charge on any atom is -0.497 e. The molecular weight excluding hydrogens is 434 g/mol. The summed E-state index contributed by atoms with van der Waals surface area (Å²) in [7, 11) is 1.63. The van der Waals surface area contributed by atoms with Crippen LogP contribution in [0.5, 0.6) is 5.75 Å². The van der Waals surface area contributed by atoms with Gasteiger partial charge in [-0.05, 0) is 60.7 Å². The molecule has 0 atom stereocenters. The van der Waals surface area contributed by atoms with Crippen molar-refractivity contribution in [1.82, 2.24) is 10.3 Å². The Morgan fingerprint density at radius 3 is 2.61 bits per heavy atom. The zero-order valence-electron chi connectivity index (χ0n) is 14.8. The van der Waals surface area contributed by atoms with Crippen LogP contribution in [0.15, 0.2) is 58.8 Å². The molecule has 0 aliphatic carbocycles. The quantitative estimate of drug-likeness (QED) is 0.404. The number of carbonyl (C=O) groups excluding carboxylic acids is 1. The molecule has 2 aromatic carbocycles. The number of carbonyl (C=O) groups is 1. The van der Waals surface area contributed by atoms with Crippen molar-refractivity contribution < 1.29 is 9.53 Å². The van der Waals surface area contributed by atoms with Gasteiger partial charge in [-0.25, -0.2) is 4.98 Å². The van der Waals surface area contributed by atoms with Crippen molar-refractivity contribution in [2.24, 2.45) is 0 Å². The fraction of sp³-hybridized carbons (Fsp3) is 0.105. The highest BCUT2D eigenvalue weighted by molar-refractivity contribution is 8.00. The first kappa shape index (κ1) is 20.6. The van der Waals surface area contributed by atoms with Gasteiger partial charge in [0.2, 0.25) is 5.91 Å². The lowest BCUT2D eigenvalue weighted by Crippen LogP contribution is -2.35. The molecule has 0 unspecified atom stereocenters. The Morgan fingerprint density at radius 1 is 1.21 bits per heavy atom. The van der Waals surface area contributed by atoms with Crippen LogP contribution >= 0.6 is 46.9 Å². The van der Waals surface area contributed by atoms with Crippen molar-refractivity contribution in [3.05, 3.63) is 58.9 Å². The van der Waals surface area contributed by atoms with Gasteiger partial charge >= 0.3 is 0 Å². The molecule has 0 spiro atoms. The molecular formula is C19H16ClN3O2S3. The van der Waals surface area contributed by atoms with E-state index in [9.17, 15) is 4.79 Å². The van der Waals surface area contributed by atoms with E-state index in [0.29, 0.717) is 10.2 Å². The molecule has 0 aliphatic heterocycles. The van der Waals surface area contributed by atoms with E-state index >= 15 is 0 Å². The molecule has 28 heavy (non-hydrogen) atoms. The van der Waals surface area contributed by atoms with Gasteiger partial charge in [-0.15, -0.1) is 23.1 Å². The second kappa shape index (κ2) is 9.88. The molecule has 1 heterocycles. The van der Waals surface area contributed by atoms with E-state index < -0.39 is 0 Å². The van der Waals surface area contributed by atoms with Gasteiger partial charge in [0.15, 0.2) is 10.2 Å². The largest absolute Gasteiger partial charge is 0.497 e. The highest BCUT2D eigenvalue weighted by atomic mass is 35.5. The second-order valence-electron chi connectivity index (χ2n) is 5.51. The van der Waals surface area contributed by atoms with E-state index in [1.807, 2.05) is 41.8 Å². The lowest BCUT2D eigenvalue weighted by atomic mass is 10.2. The second-order valence-corrected chi connectivity index (χ2v) is 8.26. The number of aromatic nitrogens is 1. The van der Waals surface area contributed by atoms with Crippen molar-refractivity contribution in [1.29, 1.82) is 0 Å². The number of hydrogen-bond acceptors (Lipinski definition) is 6. The number of benzene rings is 2. The molecule has 0 radical (unpaired) electrons. The molecule has 0 saturated carbocycles. The number of nitrogens with zero attached hydrogens (tertiary/aromatic N) is 1. The van der Waals surface area contributed by atoms with Crippen LogP contribution in [-0.4, -0.2) is 28.9 Å². The number of methoxy groups -OCH3 is 1. The van der Waals surface area contributed by atoms with Gasteiger partial charge in [-0.3, -0.25) is 4.79 Å². The number of ether oxygens (including phenoxy) is 1. The summed E-state index contributed by atoms with van der Waals surface area (Å²) in [4.78, 5) is 17.5. The van der Waals surface area contributed by atoms with Gasteiger partial charge in [-0.1, -0.05) is 11.6 Å². The maximum Gasteiger partial charge on any atom is 0.236 e. The van der Waals surface area contributed by atoms with Crippen molar-refractivity contribution in [2.45, 2.75) is 4.90 Å². The minimum absolute atomic E-state index is 0.190. The topological polar surface area (TPSA) is 63.2 Å². The van der Waals surface area contributed by atoms with Gasteiger partial charge in [0, 0.05) is 20.9 Å². The molecule has 5 nitrogen and oxygen atoms in total. The summed E-state index contributed by atoms with van der Waals surface area (Å²) < 4.78 is 5.16. The highest BCUT2D eigenvalue weighted by Crippen LogP contribution is 2.26. The fourth-order valence-corrected chi connectivity index (χ4v) is 4.02. The number of nitrogens with one attached hydrogen (secondary N) is 2. The predicted molar refractivity (Wildman–Crippen MR) is 121 cm³/mol. The molecule has 2 N–H and O–H groups in total. The summed E-state index contributed by atoms with van der Waals surface area (Å²) in [5, 5.41) is 9.02. The van der Waals surface area contributed by atoms with Crippen molar-refractivity contribution in [2.75, 3.05) is 18.2 Å². The first-order valence-corrected chi connectivity index (χ1v) is 10.8. The predicted octanol–water partition coefficient (Wildman–Crippen LogP) is 5.08. The maximum absolute atomic E-state index is 12.1. The number of anilines is 1. The van der Waals surface area contributed by atoms with Gasteiger partial charge in [0.1, 0.15) is 5.75 Å². The molecule has 3 rings (SSSR count). The molecule has 0 bridgehead atoms. The van der Waals surface area contributed by atoms with Crippen LogP contribution in [0, 0.1) is 0 Å². The number of thioether (sulfide) groups is 1. The third-order valence-corrected chi connectivity index (χ3v) is 5.77. The number of rotatable bonds is 6. The smallest absolute Gasteiger partial charge is 0.236 e. The van der Waals surface area contributed by atoms with Gasteiger partial charge < -0.3 is 15.4 Å². The van der Waals surface area contributed by atoms with Crippen LogP contribution in [0.25, 0.3) is 11.3 Å². The number of halogens is 1. The molecule has 0 aliphatic rings. The van der Waals surface area contributed by atoms with Crippen LogP contribution in [0.4, 0.5) is 5.13 Å². The SMILES string of the molecule is COc1ccc(-c2csc(NC(=S)NC(=O)CSc3ccc(Cl)cc3)n2)cc1. The number of thiazole rings is 1. The Hall–Kier alpha value is -2.13. The summed E-state index contributed by atoms with van der Waals surface area (Å²) in [5.74, 6) is 0.848. The Labute approximate surface area is 181 Å². The van der Waals surface area contributed by atoms with Crippen LogP contribution in [0.3, 0.4) is 0 Å². The monoisotopic (exact) mass is 449 g/mol. The summed E-state index contributed by atoms with van der Waals surface area (Å²) >= 11 is 13.9. The standard InChI is InChI=1S/C19H16ClN3O2S3/c1-25-14-6-2-12(3-7-14)16-10-28-19(21-16)23-18(26)22-17(24)11-27-15-8-4-13(20)5-9-15/h2-10H,11H2,1H3,(H2,21,22,23,24,26). The average Bonchev–Trinajstić information content (AvgIpc) is 3.16. The highest BCUT2D eigenvalue weighted by Gasteiger charge is 2.09. The normalized spacial score (nSPS) is 10.4. The third kappa shape index (κ3) is 5.93. The molecule has 0 saturated heterocycles. The lowest BCUT2D eigenvalue weighted by Gasteiger charge is -2.07. The Bertz CT molecular complexity index is 959. The van der Waals surface area contributed by atoms with Crippen molar-refractivity contribution >= 4 is 63.1 Å². The lowest BCUT2D eigenvalue weighted by molar-refractivity contribution is -0.117. The van der Waals surface area contributed by atoms with Crippen LogP contribution in [-0.2, 0) is 4.79 Å². The van der Waals surface area contributed by atoms with E-state index in [1.54, 1.807) is 19.2 Å². The third-order valence-electron chi connectivity index (χ3n) is 3.55. The summed E-state index contributed by atoms with van der Waals surface area (Å²) in [6.45, 7) is 0.